The Balaban J connectivity index is 1.29. The van der Waals surface area contributed by atoms with E-state index in [0.29, 0.717) is 22.2 Å². The molecule has 2 aromatic carbocycles. The van der Waals surface area contributed by atoms with Crippen LogP contribution in [0.1, 0.15) is 29.3 Å². The summed E-state index contributed by atoms with van der Waals surface area (Å²) < 4.78 is 10.5. The number of thiophene rings is 1. The second-order valence-electron chi connectivity index (χ2n) is 7.67. The number of fused-ring (bicyclic) bond motifs is 2. The summed E-state index contributed by atoms with van der Waals surface area (Å²) in [6.45, 7) is 1.47. The normalized spacial score (nSPS) is 15.0. The fourth-order valence-corrected chi connectivity index (χ4v) is 5.08. The number of esters is 1. The van der Waals surface area contributed by atoms with Crippen molar-refractivity contribution in [2.24, 2.45) is 5.92 Å². The van der Waals surface area contributed by atoms with E-state index < -0.39 is 18.5 Å². The first-order valence-electron chi connectivity index (χ1n) is 10.1. The van der Waals surface area contributed by atoms with E-state index in [0.717, 1.165) is 40.5 Å². The van der Waals surface area contributed by atoms with Gasteiger partial charge in [0.2, 0.25) is 0 Å². The van der Waals surface area contributed by atoms with Gasteiger partial charge in [-0.3, -0.25) is 4.79 Å². The maximum atomic E-state index is 12.3. The first kappa shape index (κ1) is 20.9. The molecule has 158 valence electrons. The summed E-state index contributed by atoms with van der Waals surface area (Å²) >= 11 is 1.44. The van der Waals surface area contributed by atoms with Crippen molar-refractivity contribution in [3.05, 3.63) is 58.5 Å². The molecule has 7 heteroatoms. The van der Waals surface area contributed by atoms with E-state index in [9.17, 15) is 14.9 Å². The molecule has 1 aliphatic rings. The lowest BCUT2D eigenvalue weighted by atomic mass is 9.89. The molecule has 0 saturated heterocycles. The number of ether oxygens (including phenoxy) is 2. The largest absolute Gasteiger partial charge is 0.482 e. The van der Waals surface area contributed by atoms with Crippen LogP contribution in [0.4, 0.5) is 5.00 Å². The molecule has 6 nitrogen and oxygen atoms in total. The lowest BCUT2D eigenvalue weighted by Crippen LogP contribution is -2.23. The second kappa shape index (κ2) is 9.19. The van der Waals surface area contributed by atoms with E-state index in [4.69, 9.17) is 9.47 Å². The number of benzene rings is 2. The number of nitriles is 1. The maximum absolute atomic E-state index is 12.3. The molecule has 1 aliphatic carbocycles. The van der Waals surface area contributed by atoms with Crippen molar-refractivity contribution in [1.82, 2.24) is 0 Å². The zero-order valence-electron chi connectivity index (χ0n) is 17.1. The number of nitrogens with zero attached hydrogens (tertiary/aromatic N) is 1. The SMILES string of the molecule is CC1CCc2c(sc(NC(=O)COC(=O)COc3ccc4ccccc4c3)c2C#N)C1. The molecule has 1 atom stereocenters. The minimum atomic E-state index is -0.636. The Bertz CT molecular complexity index is 1180. The quantitative estimate of drug-likeness (QED) is 0.579. The summed E-state index contributed by atoms with van der Waals surface area (Å²) in [7, 11) is 0. The van der Waals surface area contributed by atoms with Crippen molar-refractivity contribution in [2.45, 2.75) is 26.2 Å². The molecule has 4 rings (SSSR count). The van der Waals surface area contributed by atoms with Crippen LogP contribution in [0.5, 0.6) is 5.75 Å². The highest BCUT2D eigenvalue weighted by Crippen LogP contribution is 2.39. The van der Waals surface area contributed by atoms with Gasteiger partial charge in [0.1, 0.15) is 16.8 Å². The topological polar surface area (TPSA) is 88.4 Å². The Morgan fingerprint density at radius 3 is 2.81 bits per heavy atom. The molecule has 0 aliphatic heterocycles. The average molecular weight is 435 g/mol. The number of anilines is 1. The molecular formula is C24H22N2O4S. The van der Waals surface area contributed by atoms with Crippen molar-refractivity contribution in [3.63, 3.8) is 0 Å². The predicted octanol–water partition coefficient (Wildman–Crippen LogP) is 4.46. The molecule has 0 saturated carbocycles. The van der Waals surface area contributed by atoms with Crippen LogP contribution in [0, 0.1) is 17.2 Å². The van der Waals surface area contributed by atoms with Gasteiger partial charge in [-0.1, -0.05) is 37.3 Å². The lowest BCUT2D eigenvalue weighted by Gasteiger charge is -2.17. The Kier molecular flexibility index (Phi) is 6.19. The first-order valence-corrected chi connectivity index (χ1v) is 11.0. The number of amides is 1. The second-order valence-corrected chi connectivity index (χ2v) is 8.78. The zero-order chi connectivity index (χ0) is 21.8. The summed E-state index contributed by atoms with van der Waals surface area (Å²) in [4.78, 5) is 25.4. The van der Waals surface area contributed by atoms with Gasteiger partial charge in [-0.2, -0.15) is 5.26 Å². The fourth-order valence-electron chi connectivity index (χ4n) is 3.71. The van der Waals surface area contributed by atoms with E-state index in [1.54, 1.807) is 6.07 Å². The third-order valence-electron chi connectivity index (χ3n) is 5.32. The van der Waals surface area contributed by atoms with Crippen molar-refractivity contribution in [2.75, 3.05) is 18.5 Å². The van der Waals surface area contributed by atoms with E-state index in [2.05, 4.69) is 18.3 Å². The molecule has 0 fully saturated rings. The van der Waals surface area contributed by atoms with Gasteiger partial charge in [0.05, 0.1) is 5.56 Å². The summed E-state index contributed by atoms with van der Waals surface area (Å²) in [5.74, 6) is 0.0206. The van der Waals surface area contributed by atoms with Crippen LogP contribution in [-0.2, 0) is 27.2 Å². The van der Waals surface area contributed by atoms with Crippen LogP contribution in [0.15, 0.2) is 42.5 Å². The van der Waals surface area contributed by atoms with Crippen LogP contribution in [0.25, 0.3) is 10.8 Å². The summed E-state index contributed by atoms with van der Waals surface area (Å²) in [5.41, 5.74) is 1.58. The Labute approximate surface area is 184 Å². The molecular weight excluding hydrogens is 412 g/mol. The number of nitrogens with one attached hydrogen (secondary N) is 1. The Morgan fingerprint density at radius 2 is 2.00 bits per heavy atom. The van der Waals surface area contributed by atoms with Crippen LogP contribution < -0.4 is 10.1 Å². The van der Waals surface area contributed by atoms with Gasteiger partial charge in [-0.25, -0.2) is 4.79 Å². The van der Waals surface area contributed by atoms with Gasteiger partial charge in [0.25, 0.3) is 5.91 Å². The van der Waals surface area contributed by atoms with E-state index >= 15 is 0 Å². The fraction of sp³-hybridized carbons (Fsp3) is 0.292. The molecule has 1 heterocycles. The molecule has 31 heavy (non-hydrogen) atoms. The number of carbonyl (C=O) groups is 2. The molecule has 1 unspecified atom stereocenters. The summed E-state index contributed by atoms with van der Waals surface area (Å²) in [5, 5.41) is 14.9. The molecule has 1 amide bonds. The minimum absolute atomic E-state index is 0.291. The van der Waals surface area contributed by atoms with Gasteiger partial charge >= 0.3 is 5.97 Å². The van der Waals surface area contributed by atoms with Crippen molar-refractivity contribution in [1.29, 1.82) is 5.26 Å². The molecule has 0 bridgehead atoms. The molecule has 3 aromatic rings. The van der Waals surface area contributed by atoms with Gasteiger partial charge < -0.3 is 14.8 Å². The van der Waals surface area contributed by atoms with Crippen LogP contribution in [0.3, 0.4) is 0 Å². The highest BCUT2D eigenvalue weighted by Gasteiger charge is 2.24. The monoisotopic (exact) mass is 434 g/mol. The lowest BCUT2D eigenvalue weighted by molar-refractivity contribution is -0.149. The van der Waals surface area contributed by atoms with Gasteiger partial charge in [-0.15, -0.1) is 11.3 Å². The van der Waals surface area contributed by atoms with Gasteiger partial charge in [0.15, 0.2) is 13.2 Å². The van der Waals surface area contributed by atoms with E-state index in [1.807, 2.05) is 36.4 Å². The highest BCUT2D eigenvalue weighted by molar-refractivity contribution is 7.16. The smallest absolute Gasteiger partial charge is 0.344 e. The third kappa shape index (κ3) is 4.86. The number of hydrogen-bond donors (Lipinski definition) is 1. The Hall–Kier alpha value is -3.37. The molecule has 0 spiro atoms. The predicted molar refractivity (Wildman–Crippen MR) is 119 cm³/mol. The molecule has 0 radical (unpaired) electrons. The number of hydrogen-bond acceptors (Lipinski definition) is 6. The van der Waals surface area contributed by atoms with Crippen LogP contribution in [0.2, 0.25) is 0 Å². The van der Waals surface area contributed by atoms with E-state index in [1.165, 1.54) is 11.3 Å². The standard InChI is InChI=1S/C24H22N2O4S/c1-15-6-9-19-20(12-25)24(31-21(19)10-15)26-22(27)13-30-23(28)14-29-18-8-7-16-4-2-3-5-17(16)11-18/h2-5,7-8,11,15H,6,9-10,13-14H2,1H3,(H,26,27). The number of carbonyl (C=O) groups excluding carboxylic acids is 2. The summed E-state index contributed by atoms with van der Waals surface area (Å²) in [6.07, 6.45) is 2.82. The first-order chi connectivity index (χ1) is 15.0. The van der Waals surface area contributed by atoms with Gasteiger partial charge in [-0.05, 0) is 53.6 Å². The Morgan fingerprint density at radius 1 is 1.19 bits per heavy atom. The van der Waals surface area contributed by atoms with Crippen molar-refractivity contribution < 1.29 is 19.1 Å². The molecule has 1 N–H and O–H groups in total. The minimum Gasteiger partial charge on any atom is -0.482 e. The third-order valence-corrected chi connectivity index (χ3v) is 6.49. The van der Waals surface area contributed by atoms with Crippen molar-refractivity contribution in [3.8, 4) is 11.8 Å². The zero-order valence-corrected chi connectivity index (χ0v) is 18.0. The van der Waals surface area contributed by atoms with Crippen molar-refractivity contribution >= 4 is 39.0 Å². The number of rotatable bonds is 6. The van der Waals surface area contributed by atoms with Crippen LogP contribution >= 0.6 is 11.3 Å². The maximum Gasteiger partial charge on any atom is 0.344 e. The van der Waals surface area contributed by atoms with E-state index in [-0.39, 0.29) is 6.61 Å². The highest BCUT2D eigenvalue weighted by atomic mass is 32.1. The average Bonchev–Trinajstić information content (AvgIpc) is 3.11. The van der Waals surface area contributed by atoms with Gasteiger partial charge in [0, 0.05) is 4.88 Å². The van der Waals surface area contributed by atoms with Crippen LogP contribution in [-0.4, -0.2) is 25.1 Å². The summed E-state index contributed by atoms with van der Waals surface area (Å²) in [6, 6.07) is 15.6. The molecule has 1 aromatic heterocycles.